The van der Waals surface area contributed by atoms with Crippen LogP contribution in [0, 0.1) is 18.3 Å². The largest absolute Gasteiger partial charge is 0.350 e. The molecule has 0 unspecified atom stereocenters. The molecule has 0 saturated carbocycles. The Morgan fingerprint density at radius 2 is 1.96 bits per heavy atom. The first-order chi connectivity index (χ1) is 11.3. The maximum Gasteiger partial charge on any atom is 0.332 e. The van der Waals surface area contributed by atoms with Gasteiger partial charge in [0.25, 0.3) is 10.0 Å². The van der Waals surface area contributed by atoms with E-state index < -0.39 is 16.1 Å². The van der Waals surface area contributed by atoms with Crippen molar-refractivity contribution in [3.63, 3.8) is 0 Å². The van der Waals surface area contributed by atoms with Crippen molar-refractivity contribution < 1.29 is 13.2 Å². The molecule has 3 N–H and O–H groups in total. The minimum absolute atomic E-state index is 0.0663. The summed E-state index contributed by atoms with van der Waals surface area (Å²) in [6.45, 7) is 3.39. The Bertz CT molecular complexity index is 950. The Hall–Kier alpha value is -3.12. The van der Waals surface area contributed by atoms with Crippen LogP contribution in [0.5, 0.6) is 0 Å². The van der Waals surface area contributed by atoms with Crippen LogP contribution in [-0.4, -0.2) is 24.1 Å². The Morgan fingerprint density at radius 3 is 2.50 bits per heavy atom. The van der Waals surface area contributed by atoms with Crippen molar-refractivity contribution in [2.24, 2.45) is 10.8 Å². The van der Waals surface area contributed by atoms with Gasteiger partial charge >= 0.3 is 6.03 Å². The van der Waals surface area contributed by atoms with Crippen molar-refractivity contribution in [3.05, 3.63) is 53.3 Å². The van der Waals surface area contributed by atoms with E-state index in [0.29, 0.717) is 11.3 Å². The molecule has 124 valence electrons. The third-order valence-corrected chi connectivity index (χ3v) is 4.92. The minimum atomic E-state index is -3.92. The molecule has 2 rings (SSSR count). The molecule has 2 amide bonds. The second kappa shape index (κ2) is 6.55. The number of amides is 2. The molecule has 0 fully saturated rings. The summed E-state index contributed by atoms with van der Waals surface area (Å²) in [4.78, 5) is 10.8. The van der Waals surface area contributed by atoms with Gasteiger partial charge in [0.2, 0.25) is 0 Å². The maximum atomic E-state index is 12.7. The van der Waals surface area contributed by atoms with Crippen LogP contribution in [0.25, 0.3) is 0 Å². The van der Waals surface area contributed by atoms with Crippen LogP contribution >= 0.6 is 0 Å². The Kier molecular flexibility index (Phi) is 4.71. The van der Waals surface area contributed by atoms with Gasteiger partial charge in [0, 0.05) is 11.8 Å². The van der Waals surface area contributed by atoms with Crippen LogP contribution in [0.3, 0.4) is 0 Å². The van der Waals surface area contributed by atoms with E-state index in [1.807, 2.05) is 13.0 Å². The van der Waals surface area contributed by atoms with Crippen LogP contribution in [0.1, 0.15) is 23.7 Å². The number of nitrogens with two attached hydrogens (primary N) is 1. The number of rotatable bonds is 4. The number of hydrazone groups is 1. The molecule has 0 aliphatic carbocycles. The topological polar surface area (TPSA) is 130 Å². The Labute approximate surface area is 139 Å². The summed E-state index contributed by atoms with van der Waals surface area (Å²) in [6.07, 6.45) is 1.27. The monoisotopic (exact) mass is 345 g/mol. The van der Waals surface area contributed by atoms with Crippen molar-refractivity contribution in [1.82, 2.24) is 9.40 Å². The Morgan fingerprint density at radius 1 is 1.33 bits per heavy atom. The highest BCUT2D eigenvalue weighted by molar-refractivity contribution is 7.90. The van der Waals surface area contributed by atoms with Gasteiger partial charge in [0.1, 0.15) is 11.8 Å². The molecule has 9 heteroatoms. The summed E-state index contributed by atoms with van der Waals surface area (Å²) in [5, 5.41) is 12.9. The van der Waals surface area contributed by atoms with E-state index in [0.717, 1.165) is 9.54 Å². The van der Waals surface area contributed by atoms with Crippen LogP contribution in [0.15, 0.2) is 46.5 Å². The lowest BCUT2D eigenvalue weighted by Gasteiger charge is -2.07. The van der Waals surface area contributed by atoms with Crippen molar-refractivity contribution in [2.75, 3.05) is 0 Å². The predicted molar refractivity (Wildman–Crippen MR) is 87.8 cm³/mol. The van der Waals surface area contributed by atoms with E-state index in [9.17, 15) is 18.5 Å². The molecule has 8 nitrogen and oxygen atoms in total. The average molecular weight is 345 g/mol. The fourth-order valence-electron chi connectivity index (χ4n) is 1.95. The molecule has 1 aromatic heterocycles. The number of nitriles is 1. The molecule has 0 radical (unpaired) electrons. The molecular weight excluding hydrogens is 330 g/mol. The summed E-state index contributed by atoms with van der Waals surface area (Å²) >= 11 is 0. The van der Waals surface area contributed by atoms with Gasteiger partial charge in [0.05, 0.1) is 10.6 Å². The van der Waals surface area contributed by atoms with E-state index in [2.05, 4.69) is 10.5 Å². The van der Waals surface area contributed by atoms with Crippen LogP contribution in [0.4, 0.5) is 4.79 Å². The van der Waals surface area contributed by atoms with Gasteiger partial charge in [-0.25, -0.2) is 22.6 Å². The molecular formula is C15H15N5O3S. The summed E-state index contributed by atoms with van der Waals surface area (Å²) in [6, 6.07) is 8.66. The number of primary amides is 1. The van der Waals surface area contributed by atoms with Gasteiger partial charge < -0.3 is 5.73 Å². The first-order valence-electron chi connectivity index (χ1n) is 6.80. The third kappa shape index (κ3) is 3.44. The highest BCUT2D eigenvalue weighted by Gasteiger charge is 2.21. The summed E-state index contributed by atoms with van der Waals surface area (Å²) in [5.41, 5.74) is 8.51. The van der Waals surface area contributed by atoms with Crippen LogP contribution in [0.2, 0.25) is 0 Å². The van der Waals surface area contributed by atoms with E-state index in [4.69, 9.17) is 5.73 Å². The molecule has 0 atom stereocenters. The maximum absolute atomic E-state index is 12.7. The van der Waals surface area contributed by atoms with Gasteiger partial charge in [-0.3, -0.25) is 0 Å². The lowest BCUT2D eigenvalue weighted by atomic mass is 10.2. The van der Waals surface area contributed by atoms with Crippen LogP contribution in [-0.2, 0) is 10.0 Å². The van der Waals surface area contributed by atoms with Crippen molar-refractivity contribution in [1.29, 1.82) is 5.26 Å². The molecule has 0 saturated heterocycles. The van der Waals surface area contributed by atoms with Gasteiger partial charge in [-0.2, -0.15) is 10.4 Å². The van der Waals surface area contributed by atoms with E-state index in [1.54, 1.807) is 19.1 Å². The molecule has 2 aromatic rings. The zero-order chi connectivity index (χ0) is 17.9. The van der Waals surface area contributed by atoms with E-state index in [-0.39, 0.29) is 10.6 Å². The fraction of sp³-hybridized carbons (Fsp3) is 0.133. The number of nitrogens with zero attached hydrogens (tertiary/aromatic N) is 3. The van der Waals surface area contributed by atoms with Crippen LogP contribution < -0.4 is 11.2 Å². The first kappa shape index (κ1) is 17.2. The molecule has 0 spiro atoms. The zero-order valence-corrected chi connectivity index (χ0v) is 13.8. The summed E-state index contributed by atoms with van der Waals surface area (Å²) < 4.78 is 26.3. The fourth-order valence-corrected chi connectivity index (χ4v) is 3.26. The SMILES string of the molecule is C/C(=N/NC(N)=O)c1cc(C#N)n(S(=O)(=O)c2ccc(C)cc2)c1. The number of hydrogen-bond donors (Lipinski definition) is 2. The van der Waals surface area contributed by atoms with Crippen molar-refractivity contribution in [3.8, 4) is 6.07 Å². The summed E-state index contributed by atoms with van der Waals surface area (Å²) in [5.74, 6) is 0. The quantitative estimate of drug-likeness (QED) is 0.638. The summed E-state index contributed by atoms with van der Waals surface area (Å²) in [7, 11) is -3.92. The molecule has 0 bridgehead atoms. The van der Waals surface area contributed by atoms with Gasteiger partial charge in [0.15, 0.2) is 0 Å². The smallest absolute Gasteiger partial charge is 0.332 e. The molecule has 0 aliphatic heterocycles. The normalized spacial score (nSPS) is 11.8. The number of carbonyl (C=O) groups is 1. The van der Waals surface area contributed by atoms with Crippen molar-refractivity contribution in [2.45, 2.75) is 18.7 Å². The third-order valence-electron chi connectivity index (χ3n) is 3.23. The number of benzene rings is 1. The predicted octanol–water partition coefficient (Wildman–Crippen LogP) is 1.30. The zero-order valence-electron chi connectivity index (χ0n) is 13.0. The highest BCUT2D eigenvalue weighted by atomic mass is 32.2. The standard InChI is InChI=1S/C15H15N5O3S/c1-10-3-5-14(6-4-10)24(22,23)20-9-12(7-13(20)8-16)11(2)18-19-15(17)21/h3-7,9H,1-2H3,(H3,17,19,21)/b18-11-. The average Bonchev–Trinajstić information content (AvgIpc) is 2.98. The molecule has 24 heavy (non-hydrogen) atoms. The van der Waals surface area contributed by atoms with Crippen molar-refractivity contribution >= 4 is 21.8 Å². The molecule has 1 heterocycles. The van der Waals surface area contributed by atoms with Gasteiger partial charge in [-0.15, -0.1) is 0 Å². The first-order valence-corrected chi connectivity index (χ1v) is 8.24. The number of aryl methyl sites for hydroxylation is 1. The highest BCUT2D eigenvalue weighted by Crippen LogP contribution is 2.19. The minimum Gasteiger partial charge on any atom is -0.350 e. The number of hydrogen-bond acceptors (Lipinski definition) is 5. The number of aromatic nitrogens is 1. The Balaban J connectivity index is 2.51. The lowest BCUT2D eigenvalue weighted by Crippen LogP contribution is -2.25. The van der Waals surface area contributed by atoms with Gasteiger partial charge in [-0.1, -0.05) is 17.7 Å². The van der Waals surface area contributed by atoms with E-state index in [1.165, 1.54) is 24.4 Å². The second-order valence-corrected chi connectivity index (χ2v) is 6.83. The van der Waals surface area contributed by atoms with E-state index >= 15 is 0 Å². The lowest BCUT2D eigenvalue weighted by molar-refractivity contribution is 0.249. The van der Waals surface area contributed by atoms with Gasteiger partial charge in [-0.05, 0) is 32.0 Å². The number of urea groups is 1. The molecule has 0 aliphatic rings. The number of carbonyl (C=O) groups excluding carboxylic acids is 1. The number of nitrogens with one attached hydrogen (secondary N) is 1. The second-order valence-electron chi connectivity index (χ2n) is 5.01. The molecule has 1 aromatic carbocycles.